The number of nitrogens with zero attached hydrogens (tertiary/aromatic N) is 2. The van der Waals surface area contributed by atoms with Crippen molar-refractivity contribution in [2.24, 2.45) is 0 Å². The Morgan fingerprint density at radius 3 is 2.13 bits per heavy atom. The number of fused-ring (bicyclic) bond motifs is 1. The third kappa shape index (κ3) is 13.5. The lowest BCUT2D eigenvalue weighted by Gasteiger charge is -2.34. The van der Waals surface area contributed by atoms with Crippen LogP contribution in [0.1, 0.15) is 65.0 Å². The highest BCUT2D eigenvalue weighted by Crippen LogP contribution is 2.20. The van der Waals surface area contributed by atoms with Gasteiger partial charge in [0.15, 0.2) is 0 Å². The minimum absolute atomic E-state index is 0.165. The number of carbonyl (C=O) groups is 5. The first-order valence-corrected chi connectivity index (χ1v) is 17.8. The van der Waals surface area contributed by atoms with Crippen LogP contribution < -0.4 is 10.6 Å². The van der Waals surface area contributed by atoms with Crippen LogP contribution in [0.3, 0.4) is 0 Å². The van der Waals surface area contributed by atoms with Crippen molar-refractivity contribution >= 4 is 40.6 Å². The third-order valence-corrected chi connectivity index (χ3v) is 8.55. The maximum atomic E-state index is 14.5. The number of esters is 1. The van der Waals surface area contributed by atoms with E-state index in [1.54, 1.807) is 40.9 Å². The Bertz CT molecular complexity index is 1690. The van der Waals surface area contributed by atoms with E-state index in [9.17, 15) is 24.0 Å². The van der Waals surface area contributed by atoms with E-state index >= 15 is 0 Å². The highest BCUT2D eigenvalue weighted by Gasteiger charge is 2.35. The van der Waals surface area contributed by atoms with Crippen LogP contribution >= 0.6 is 0 Å². The number of benzene rings is 3. The fourth-order valence-electron chi connectivity index (χ4n) is 5.63. The van der Waals surface area contributed by atoms with Gasteiger partial charge in [-0.15, -0.1) is 0 Å². The van der Waals surface area contributed by atoms with Crippen LogP contribution in [0.4, 0.5) is 4.79 Å². The zero-order chi connectivity index (χ0) is 38.3. The van der Waals surface area contributed by atoms with Crippen molar-refractivity contribution in [3.8, 4) is 0 Å². The Balaban J connectivity index is 1.87. The monoisotopic (exact) mass is 714 g/mol. The van der Waals surface area contributed by atoms with E-state index in [0.29, 0.717) is 19.3 Å². The normalized spacial score (nSPS) is 13.1. The zero-order valence-corrected chi connectivity index (χ0v) is 31.5. The van der Waals surface area contributed by atoms with E-state index in [0.717, 1.165) is 21.9 Å². The highest BCUT2D eigenvalue weighted by atomic mass is 16.6. The van der Waals surface area contributed by atoms with E-state index in [4.69, 9.17) is 9.47 Å². The molecule has 4 amide bonds. The van der Waals surface area contributed by atoms with Gasteiger partial charge in [0, 0.05) is 46.4 Å². The molecule has 0 spiro atoms. The predicted octanol–water partition coefficient (Wildman–Crippen LogP) is 5.60. The van der Waals surface area contributed by atoms with Crippen LogP contribution in [-0.2, 0) is 41.5 Å². The van der Waals surface area contributed by atoms with Crippen LogP contribution in [0, 0.1) is 0 Å². The van der Waals surface area contributed by atoms with Crippen LogP contribution in [0.5, 0.6) is 0 Å². The van der Waals surface area contributed by atoms with Gasteiger partial charge < -0.3 is 29.9 Å². The average Bonchev–Trinajstić information content (AvgIpc) is 3.10. The Hall–Kier alpha value is -5.19. The van der Waals surface area contributed by atoms with Gasteiger partial charge in [0.05, 0.1) is 6.61 Å². The summed E-state index contributed by atoms with van der Waals surface area (Å²) in [4.78, 5) is 68.2. The average molecular weight is 715 g/mol. The van der Waals surface area contributed by atoms with E-state index in [2.05, 4.69) is 10.6 Å². The van der Waals surface area contributed by atoms with Crippen LogP contribution in [-0.4, -0.2) is 90.6 Å². The first-order chi connectivity index (χ1) is 24.7. The summed E-state index contributed by atoms with van der Waals surface area (Å²) < 4.78 is 10.4. The molecule has 0 heterocycles. The van der Waals surface area contributed by atoms with Crippen molar-refractivity contribution in [1.29, 1.82) is 0 Å². The Morgan fingerprint density at radius 1 is 0.827 bits per heavy atom. The summed E-state index contributed by atoms with van der Waals surface area (Å²) in [5.41, 5.74) is 1.09. The molecule has 11 heteroatoms. The van der Waals surface area contributed by atoms with E-state index < -0.39 is 41.6 Å². The van der Waals surface area contributed by atoms with E-state index in [1.165, 1.54) is 22.8 Å². The van der Waals surface area contributed by atoms with Gasteiger partial charge in [0.1, 0.15) is 17.7 Å². The molecule has 0 radical (unpaired) electrons. The molecule has 0 saturated heterocycles. The molecule has 3 aromatic carbocycles. The standard InChI is InChI=1S/C41H54N4O7/c1-8-34(43-40(50)52-41(3,4)5)20-14-21-37(47)44(6)36(28-31-22-23-32-18-12-13-19-33(32)26-31)39(49)45(7)35(27-30-16-10-9-11-17-30)38(48)42-24-15-25-51-29(2)46/h9-14,16-19,21-23,26,34-36H,8,15,20,24-25,27-28H2,1-7H3,(H,42,48)(H,43,50)/t34?,35-,36-/m1/s1. The first-order valence-electron chi connectivity index (χ1n) is 17.8. The number of hydrogen-bond donors (Lipinski definition) is 2. The Kier molecular flexibility index (Phi) is 15.9. The highest BCUT2D eigenvalue weighted by molar-refractivity contribution is 5.95. The summed E-state index contributed by atoms with van der Waals surface area (Å²) in [7, 11) is 3.17. The number of hydrogen-bond acceptors (Lipinski definition) is 7. The molecule has 0 aromatic heterocycles. The molecule has 280 valence electrons. The molecule has 11 nitrogen and oxygen atoms in total. The minimum Gasteiger partial charge on any atom is -0.466 e. The molecule has 2 N–H and O–H groups in total. The van der Waals surface area contributed by atoms with Crippen molar-refractivity contribution in [1.82, 2.24) is 20.4 Å². The number of likely N-dealkylation sites (N-methyl/N-ethyl adjacent to an activating group) is 2. The summed E-state index contributed by atoms with van der Waals surface area (Å²) in [5, 5.41) is 7.79. The summed E-state index contributed by atoms with van der Waals surface area (Å²) in [6.07, 6.45) is 4.46. The number of alkyl carbamates (subject to hydrolysis) is 1. The van der Waals surface area contributed by atoms with Crippen LogP contribution in [0.25, 0.3) is 10.8 Å². The molecule has 3 aromatic rings. The molecule has 0 aliphatic carbocycles. The third-order valence-electron chi connectivity index (χ3n) is 8.55. The lowest BCUT2D eigenvalue weighted by Crippen LogP contribution is -2.56. The van der Waals surface area contributed by atoms with Crippen LogP contribution in [0.15, 0.2) is 84.9 Å². The van der Waals surface area contributed by atoms with Crippen molar-refractivity contribution in [3.63, 3.8) is 0 Å². The van der Waals surface area contributed by atoms with Gasteiger partial charge in [-0.1, -0.05) is 85.8 Å². The summed E-state index contributed by atoms with van der Waals surface area (Å²) >= 11 is 0. The van der Waals surface area contributed by atoms with Gasteiger partial charge in [-0.05, 0) is 68.0 Å². The first kappa shape index (κ1) is 41.2. The van der Waals surface area contributed by atoms with Crippen molar-refractivity contribution in [3.05, 3.63) is 96.1 Å². The van der Waals surface area contributed by atoms with Crippen molar-refractivity contribution in [2.75, 3.05) is 27.2 Å². The lowest BCUT2D eigenvalue weighted by molar-refractivity contribution is -0.146. The molecule has 3 atom stereocenters. The predicted molar refractivity (Wildman–Crippen MR) is 202 cm³/mol. The minimum atomic E-state index is -0.944. The Labute approximate surface area is 307 Å². The van der Waals surface area contributed by atoms with Crippen LogP contribution in [0.2, 0.25) is 0 Å². The SMILES string of the molecule is CCC(CC=CC(=O)N(C)[C@H](Cc1ccc2ccccc2c1)C(=O)N(C)[C@H](Cc1ccccc1)C(=O)NCCCOC(C)=O)NC(=O)OC(C)(C)C. The van der Waals surface area contributed by atoms with Gasteiger partial charge >= 0.3 is 12.1 Å². The maximum absolute atomic E-state index is 14.5. The fraction of sp³-hybridized carbons (Fsp3) is 0.439. The second-order valence-corrected chi connectivity index (χ2v) is 13.9. The second kappa shape index (κ2) is 20.0. The number of rotatable bonds is 17. The molecular formula is C41H54N4O7. The van der Waals surface area contributed by atoms with E-state index in [-0.39, 0.29) is 37.9 Å². The summed E-state index contributed by atoms with van der Waals surface area (Å²) in [5.74, 6) is -1.54. The molecule has 1 unspecified atom stereocenters. The van der Waals surface area contributed by atoms with Gasteiger partial charge in [-0.2, -0.15) is 0 Å². The Morgan fingerprint density at radius 2 is 1.48 bits per heavy atom. The summed E-state index contributed by atoms with van der Waals surface area (Å²) in [6, 6.07) is 21.2. The molecule has 0 saturated carbocycles. The number of amides is 4. The second-order valence-electron chi connectivity index (χ2n) is 13.9. The molecule has 0 aliphatic heterocycles. The van der Waals surface area contributed by atoms with Gasteiger partial charge in [0.2, 0.25) is 17.7 Å². The van der Waals surface area contributed by atoms with E-state index in [1.807, 2.05) is 79.7 Å². The number of nitrogens with one attached hydrogen (secondary N) is 2. The zero-order valence-electron chi connectivity index (χ0n) is 31.5. The van der Waals surface area contributed by atoms with Crippen molar-refractivity contribution in [2.45, 2.75) is 90.4 Å². The topological polar surface area (TPSA) is 134 Å². The fourth-order valence-corrected chi connectivity index (χ4v) is 5.63. The number of carbonyl (C=O) groups excluding carboxylic acids is 5. The largest absolute Gasteiger partial charge is 0.466 e. The lowest BCUT2D eigenvalue weighted by atomic mass is 9.98. The quantitative estimate of drug-likeness (QED) is 0.106. The molecule has 0 fully saturated rings. The molecule has 0 aliphatic rings. The maximum Gasteiger partial charge on any atom is 0.407 e. The van der Waals surface area contributed by atoms with Gasteiger partial charge in [-0.25, -0.2) is 4.79 Å². The van der Waals surface area contributed by atoms with Crippen molar-refractivity contribution < 1.29 is 33.4 Å². The van der Waals surface area contributed by atoms with Gasteiger partial charge in [0.25, 0.3) is 0 Å². The molecular weight excluding hydrogens is 660 g/mol. The van der Waals surface area contributed by atoms with Gasteiger partial charge in [-0.3, -0.25) is 19.2 Å². The number of ether oxygens (including phenoxy) is 2. The summed E-state index contributed by atoms with van der Waals surface area (Å²) in [6.45, 7) is 9.05. The molecule has 3 rings (SSSR count). The molecule has 52 heavy (non-hydrogen) atoms. The smallest absolute Gasteiger partial charge is 0.407 e. The molecule has 0 bridgehead atoms.